The number of halogens is 1. The number of fused-ring (bicyclic) bond motifs is 1. The van der Waals surface area contributed by atoms with Crippen molar-refractivity contribution in [1.82, 2.24) is 5.32 Å². The van der Waals surface area contributed by atoms with E-state index in [0.29, 0.717) is 18.8 Å². The average Bonchev–Trinajstić information content (AvgIpc) is 2.19. The van der Waals surface area contributed by atoms with E-state index in [4.69, 9.17) is 4.74 Å². The lowest BCUT2D eigenvalue weighted by molar-refractivity contribution is 0.164. The van der Waals surface area contributed by atoms with Crippen molar-refractivity contribution < 1.29 is 14.9 Å². The smallest absolute Gasteiger partial charge is 0.160 e. The van der Waals surface area contributed by atoms with Crippen LogP contribution in [-0.4, -0.2) is 23.9 Å². The van der Waals surface area contributed by atoms with E-state index < -0.39 is 6.10 Å². The van der Waals surface area contributed by atoms with Crippen LogP contribution in [0.15, 0.2) is 12.1 Å². The number of hydrogen-bond donors (Lipinski definition) is 3. The molecule has 1 atom stereocenters. The van der Waals surface area contributed by atoms with Crippen LogP contribution >= 0.6 is 12.4 Å². The van der Waals surface area contributed by atoms with Crippen molar-refractivity contribution in [3.8, 4) is 11.5 Å². The lowest BCUT2D eigenvalue weighted by atomic mass is 9.98. The van der Waals surface area contributed by atoms with Crippen molar-refractivity contribution in [2.75, 3.05) is 13.7 Å². The average molecular weight is 232 g/mol. The molecule has 1 aliphatic rings. The number of hydrogen-bond acceptors (Lipinski definition) is 4. The summed E-state index contributed by atoms with van der Waals surface area (Å²) in [7, 11) is 1.51. The molecule has 2 rings (SSSR count). The van der Waals surface area contributed by atoms with Crippen molar-refractivity contribution in [3.05, 3.63) is 23.3 Å². The van der Waals surface area contributed by atoms with Crippen LogP contribution in [0.5, 0.6) is 11.5 Å². The maximum Gasteiger partial charge on any atom is 0.160 e. The minimum atomic E-state index is -0.546. The molecular formula is C10H14ClNO3. The molecule has 0 saturated heterocycles. The fraction of sp³-hybridized carbons (Fsp3) is 0.400. The SMILES string of the molecule is COc1cc2c(cc1O)C(O)CNC2.Cl. The molecule has 4 nitrogen and oxygen atoms in total. The molecule has 0 spiro atoms. The highest BCUT2D eigenvalue weighted by Gasteiger charge is 2.19. The highest BCUT2D eigenvalue weighted by atomic mass is 35.5. The minimum Gasteiger partial charge on any atom is -0.504 e. The molecule has 5 heteroatoms. The second kappa shape index (κ2) is 4.70. The summed E-state index contributed by atoms with van der Waals surface area (Å²) in [6.45, 7) is 1.22. The molecule has 1 unspecified atom stereocenters. The van der Waals surface area contributed by atoms with Gasteiger partial charge in [-0.25, -0.2) is 0 Å². The third kappa shape index (κ3) is 2.17. The number of methoxy groups -OCH3 is 1. The predicted molar refractivity (Wildman–Crippen MR) is 58.6 cm³/mol. The first-order chi connectivity index (χ1) is 6.72. The Morgan fingerprint density at radius 3 is 2.87 bits per heavy atom. The number of aliphatic hydroxyl groups excluding tert-OH is 1. The first-order valence-corrected chi connectivity index (χ1v) is 4.51. The topological polar surface area (TPSA) is 61.7 Å². The molecule has 1 aromatic carbocycles. The summed E-state index contributed by atoms with van der Waals surface area (Å²) < 4.78 is 4.99. The van der Waals surface area contributed by atoms with Gasteiger partial charge in [0.05, 0.1) is 13.2 Å². The van der Waals surface area contributed by atoms with Gasteiger partial charge >= 0.3 is 0 Å². The maximum absolute atomic E-state index is 9.63. The van der Waals surface area contributed by atoms with Crippen LogP contribution in [-0.2, 0) is 6.54 Å². The number of nitrogens with one attached hydrogen (secondary N) is 1. The second-order valence-electron chi connectivity index (χ2n) is 3.37. The molecule has 0 aliphatic carbocycles. The first-order valence-electron chi connectivity index (χ1n) is 4.51. The fourth-order valence-electron chi connectivity index (χ4n) is 1.71. The fourth-order valence-corrected chi connectivity index (χ4v) is 1.71. The van der Waals surface area contributed by atoms with Gasteiger partial charge < -0.3 is 20.3 Å². The van der Waals surface area contributed by atoms with Crippen molar-refractivity contribution in [3.63, 3.8) is 0 Å². The van der Waals surface area contributed by atoms with E-state index in [9.17, 15) is 10.2 Å². The standard InChI is InChI=1S/C10H13NO3.ClH/c1-14-10-2-6-4-11-5-9(13)7(6)3-8(10)12;/h2-3,9,11-13H,4-5H2,1H3;1H. The van der Waals surface area contributed by atoms with Gasteiger partial charge in [-0.05, 0) is 23.3 Å². The molecule has 1 aromatic rings. The molecule has 1 aliphatic heterocycles. The van der Waals surface area contributed by atoms with Crippen LogP contribution in [0.2, 0.25) is 0 Å². The Balaban J connectivity index is 0.00000112. The molecule has 0 amide bonds. The summed E-state index contributed by atoms with van der Waals surface area (Å²) in [5, 5.41) is 22.2. The Hall–Kier alpha value is -0.970. The predicted octanol–water partition coefficient (Wildman–Crippen LogP) is 0.959. The van der Waals surface area contributed by atoms with E-state index in [2.05, 4.69) is 5.32 Å². The first kappa shape index (κ1) is 12.1. The van der Waals surface area contributed by atoms with Gasteiger partial charge in [0.25, 0.3) is 0 Å². The molecule has 84 valence electrons. The van der Waals surface area contributed by atoms with E-state index in [1.165, 1.54) is 7.11 Å². The highest BCUT2D eigenvalue weighted by molar-refractivity contribution is 5.85. The number of phenols is 1. The Kier molecular flexibility index (Phi) is 3.79. The Morgan fingerprint density at radius 2 is 2.20 bits per heavy atom. The number of aromatic hydroxyl groups is 1. The van der Waals surface area contributed by atoms with Gasteiger partial charge in [-0.1, -0.05) is 0 Å². The number of ether oxygens (including phenoxy) is 1. The Morgan fingerprint density at radius 1 is 1.47 bits per heavy atom. The third-order valence-electron chi connectivity index (χ3n) is 2.45. The second-order valence-corrected chi connectivity index (χ2v) is 3.37. The molecule has 0 fully saturated rings. The Labute approximate surface area is 94.3 Å². The normalized spacial score (nSPS) is 18.9. The van der Waals surface area contributed by atoms with Gasteiger partial charge in [0.1, 0.15) is 0 Å². The zero-order valence-electron chi connectivity index (χ0n) is 8.36. The van der Waals surface area contributed by atoms with E-state index in [-0.39, 0.29) is 18.2 Å². The monoisotopic (exact) mass is 231 g/mol. The van der Waals surface area contributed by atoms with Gasteiger partial charge in [-0.3, -0.25) is 0 Å². The van der Waals surface area contributed by atoms with E-state index in [1.54, 1.807) is 12.1 Å². The molecule has 0 saturated carbocycles. The largest absolute Gasteiger partial charge is 0.504 e. The summed E-state index contributed by atoms with van der Waals surface area (Å²) in [5.74, 6) is 0.520. The number of aliphatic hydroxyl groups is 1. The summed E-state index contributed by atoms with van der Waals surface area (Å²) in [4.78, 5) is 0. The maximum atomic E-state index is 9.63. The van der Waals surface area contributed by atoms with Crippen LogP contribution in [0.25, 0.3) is 0 Å². The van der Waals surface area contributed by atoms with Gasteiger partial charge in [-0.2, -0.15) is 0 Å². The van der Waals surface area contributed by atoms with Crippen molar-refractivity contribution in [2.24, 2.45) is 0 Å². The molecule has 0 bridgehead atoms. The van der Waals surface area contributed by atoms with Crippen molar-refractivity contribution in [1.29, 1.82) is 0 Å². The molecule has 0 aromatic heterocycles. The zero-order chi connectivity index (χ0) is 10.1. The molecule has 0 radical (unpaired) electrons. The van der Waals surface area contributed by atoms with Crippen LogP contribution in [0, 0.1) is 0 Å². The molecule has 15 heavy (non-hydrogen) atoms. The number of rotatable bonds is 1. The number of phenolic OH excluding ortho intramolecular Hbond substituents is 1. The zero-order valence-corrected chi connectivity index (χ0v) is 9.17. The Bertz CT molecular complexity index is 357. The number of benzene rings is 1. The minimum absolute atomic E-state index is 0. The van der Waals surface area contributed by atoms with Crippen LogP contribution in [0.3, 0.4) is 0 Å². The lowest BCUT2D eigenvalue weighted by Crippen LogP contribution is -2.27. The van der Waals surface area contributed by atoms with Crippen LogP contribution < -0.4 is 10.1 Å². The van der Waals surface area contributed by atoms with Crippen molar-refractivity contribution >= 4 is 12.4 Å². The summed E-state index contributed by atoms with van der Waals surface area (Å²) >= 11 is 0. The van der Waals surface area contributed by atoms with Crippen LogP contribution in [0.1, 0.15) is 17.2 Å². The van der Waals surface area contributed by atoms with Crippen molar-refractivity contribution in [2.45, 2.75) is 12.6 Å². The summed E-state index contributed by atoms with van der Waals surface area (Å²) in [6, 6.07) is 3.32. The highest BCUT2D eigenvalue weighted by Crippen LogP contribution is 2.33. The van der Waals surface area contributed by atoms with Gasteiger partial charge in [-0.15, -0.1) is 12.4 Å². The molecule has 3 N–H and O–H groups in total. The van der Waals surface area contributed by atoms with Gasteiger partial charge in [0.2, 0.25) is 0 Å². The van der Waals surface area contributed by atoms with E-state index in [1.807, 2.05) is 0 Å². The summed E-state index contributed by atoms with van der Waals surface area (Å²) in [6.07, 6.45) is -0.546. The molecular weight excluding hydrogens is 218 g/mol. The summed E-state index contributed by atoms with van der Waals surface area (Å²) in [5.41, 5.74) is 1.75. The lowest BCUT2D eigenvalue weighted by Gasteiger charge is -2.23. The van der Waals surface area contributed by atoms with E-state index >= 15 is 0 Å². The van der Waals surface area contributed by atoms with E-state index in [0.717, 1.165) is 11.1 Å². The third-order valence-corrected chi connectivity index (χ3v) is 2.45. The van der Waals surface area contributed by atoms with Gasteiger partial charge in [0, 0.05) is 13.1 Å². The number of β-amino-alcohol motifs (C(OH)–C–C–N with tert-alkyl or cyclic N) is 1. The molecule has 1 heterocycles. The van der Waals surface area contributed by atoms with Gasteiger partial charge in [0.15, 0.2) is 11.5 Å². The quantitative estimate of drug-likeness (QED) is 0.674. The van der Waals surface area contributed by atoms with Crippen LogP contribution in [0.4, 0.5) is 0 Å².